The minimum Gasteiger partial charge on any atom is -0.485 e. The van der Waals surface area contributed by atoms with Gasteiger partial charge in [0.25, 0.3) is 5.91 Å². The molecule has 0 radical (unpaired) electrons. The third kappa shape index (κ3) is 3.14. The summed E-state index contributed by atoms with van der Waals surface area (Å²) in [6, 6.07) is 7.56. The van der Waals surface area contributed by atoms with E-state index >= 15 is 0 Å². The molecule has 4 rings (SSSR count). The second-order valence-electron chi connectivity index (χ2n) is 5.90. The zero-order valence-corrected chi connectivity index (χ0v) is 13.9. The Bertz CT molecular complexity index is 701. The van der Waals surface area contributed by atoms with E-state index in [1.54, 1.807) is 6.20 Å². The van der Waals surface area contributed by atoms with E-state index < -0.39 is 6.10 Å². The van der Waals surface area contributed by atoms with Crippen molar-refractivity contribution in [1.82, 2.24) is 14.1 Å². The molecule has 7 nitrogen and oxygen atoms in total. The van der Waals surface area contributed by atoms with E-state index in [9.17, 15) is 4.79 Å². The van der Waals surface area contributed by atoms with Gasteiger partial charge >= 0.3 is 0 Å². The molecule has 0 saturated carbocycles. The summed E-state index contributed by atoms with van der Waals surface area (Å²) in [7, 11) is 0. The molecule has 0 aliphatic carbocycles. The zero-order chi connectivity index (χ0) is 16.4. The smallest absolute Gasteiger partial charge is 0.264 e. The Morgan fingerprint density at radius 1 is 1.25 bits per heavy atom. The summed E-state index contributed by atoms with van der Waals surface area (Å²) < 4.78 is 19.6. The van der Waals surface area contributed by atoms with Crippen LogP contribution in [0.25, 0.3) is 0 Å². The van der Waals surface area contributed by atoms with Crippen molar-refractivity contribution in [2.45, 2.75) is 25.0 Å². The van der Waals surface area contributed by atoms with Crippen LogP contribution in [0.3, 0.4) is 0 Å². The van der Waals surface area contributed by atoms with Gasteiger partial charge in [0.2, 0.25) is 6.10 Å². The first-order valence-electron chi connectivity index (χ1n) is 8.01. The molecule has 8 heteroatoms. The lowest BCUT2D eigenvalue weighted by atomic mass is 10.0. The van der Waals surface area contributed by atoms with E-state index in [4.69, 9.17) is 9.47 Å². The highest BCUT2D eigenvalue weighted by atomic mass is 32.1. The number of amides is 1. The van der Waals surface area contributed by atoms with Crippen molar-refractivity contribution in [2.24, 2.45) is 0 Å². The Kier molecular flexibility index (Phi) is 4.20. The summed E-state index contributed by atoms with van der Waals surface area (Å²) in [6.45, 7) is 1.97. The van der Waals surface area contributed by atoms with Crippen molar-refractivity contribution in [1.29, 1.82) is 0 Å². The fourth-order valence-corrected chi connectivity index (χ4v) is 3.43. The standard InChI is InChI=1S/C16H18N4O3S/c21-16(14-10-22-12-3-1-2-4-13(12)23-14)18-11-5-7-20(8-6-11)15-9-17-24-19-15/h1-4,9,11,14H,5-8,10H2,(H,18,21)/t14-/m1/s1. The fraction of sp³-hybridized carbons (Fsp3) is 0.438. The van der Waals surface area contributed by atoms with Gasteiger partial charge in [0.15, 0.2) is 17.3 Å². The number of nitrogens with one attached hydrogen (secondary N) is 1. The number of carbonyl (C=O) groups is 1. The van der Waals surface area contributed by atoms with Gasteiger partial charge in [-0.15, -0.1) is 0 Å². The molecular formula is C16H18N4O3S. The Morgan fingerprint density at radius 3 is 2.79 bits per heavy atom. The molecule has 1 N–H and O–H groups in total. The number of rotatable bonds is 3. The predicted molar refractivity (Wildman–Crippen MR) is 89.6 cm³/mol. The summed E-state index contributed by atoms with van der Waals surface area (Å²) in [6.07, 6.45) is 2.95. The molecule has 0 unspecified atom stereocenters. The Morgan fingerprint density at radius 2 is 2.04 bits per heavy atom. The van der Waals surface area contributed by atoms with Crippen molar-refractivity contribution in [3.8, 4) is 11.5 Å². The average Bonchev–Trinajstić information content (AvgIpc) is 3.16. The number of fused-ring (bicyclic) bond motifs is 1. The highest BCUT2D eigenvalue weighted by Crippen LogP contribution is 2.31. The van der Waals surface area contributed by atoms with Crippen LogP contribution < -0.4 is 19.7 Å². The van der Waals surface area contributed by atoms with Crippen LogP contribution in [0.5, 0.6) is 11.5 Å². The lowest BCUT2D eigenvalue weighted by molar-refractivity contribution is -0.131. The van der Waals surface area contributed by atoms with Gasteiger partial charge < -0.3 is 19.7 Å². The highest BCUT2D eigenvalue weighted by Gasteiger charge is 2.30. The predicted octanol–water partition coefficient (Wildman–Crippen LogP) is 1.46. The van der Waals surface area contributed by atoms with Crippen LogP contribution in [0.4, 0.5) is 5.82 Å². The number of para-hydroxylation sites is 2. The van der Waals surface area contributed by atoms with Crippen molar-refractivity contribution < 1.29 is 14.3 Å². The lowest BCUT2D eigenvalue weighted by Crippen LogP contribution is -2.51. The number of piperidine rings is 1. The zero-order valence-electron chi connectivity index (χ0n) is 13.1. The largest absolute Gasteiger partial charge is 0.485 e. The van der Waals surface area contributed by atoms with Gasteiger partial charge in [-0.25, -0.2) is 0 Å². The van der Waals surface area contributed by atoms with Crippen LogP contribution in [0.2, 0.25) is 0 Å². The third-order valence-electron chi connectivity index (χ3n) is 4.32. The summed E-state index contributed by atoms with van der Waals surface area (Å²) >= 11 is 1.22. The van der Waals surface area contributed by atoms with Crippen molar-refractivity contribution in [3.63, 3.8) is 0 Å². The van der Waals surface area contributed by atoms with E-state index in [2.05, 4.69) is 19.0 Å². The minimum absolute atomic E-state index is 0.113. The van der Waals surface area contributed by atoms with Crippen LogP contribution in [-0.2, 0) is 4.79 Å². The van der Waals surface area contributed by atoms with Gasteiger partial charge in [-0.05, 0) is 25.0 Å². The van der Waals surface area contributed by atoms with E-state index in [0.717, 1.165) is 31.7 Å². The Balaban J connectivity index is 1.30. The molecule has 1 atom stereocenters. The van der Waals surface area contributed by atoms with Crippen LogP contribution in [0.1, 0.15) is 12.8 Å². The number of hydrogen-bond donors (Lipinski definition) is 1. The van der Waals surface area contributed by atoms with E-state index in [1.807, 2.05) is 24.3 Å². The second-order valence-corrected chi connectivity index (χ2v) is 6.46. The van der Waals surface area contributed by atoms with E-state index in [0.29, 0.717) is 11.5 Å². The lowest BCUT2D eigenvalue weighted by Gasteiger charge is -2.33. The van der Waals surface area contributed by atoms with Crippen molar-refractivity contribution >= 4 is 23.5 Å². The molecule has 1 aromatic heterocycles. The molecular weight excluding hydrogens is 328 g/mol. The molecule has 1 fully saturated rings. The van der Waals surface area contributed by atoms with Crippen LogP contribution >= 0.6 is 11.7 Å². The summed E-state index contributed by atoms with van der Waals surface area (Å²) in [5, 5.41) is 3.08. The third-order valence-corrected chi connectivity index (χ3v) is 4.78. The van der Waals surface area contributed by atoms with E-state index in [-0.39, 0.29) is 18.6 Å². The maximum Gasteiger partial charge on any atom is 0.264 e. The van der Waals surface area contributed by atoms with Gasteiger partial charge in [0.1, 0.15) is 6.61 Å². The molecule has 1 aromatic carbocycles. The topological polar surface area (TPSA) is 76.6 Å². The molecule has 0 spiro atoms. The van der Waals surface area contributed by atoms with Crippen LogP contribution in [0, 0.1) is 0 Å². The number of nitrogens with zero attached hydrogens (tertiary/aromatic N) is 3. The summed E-state index contributed by atoms with van der Waals surface area (Å²) in [4.78, 5) is 14.6. The van der Waals surface area contributed by atoms with Crippen molar-refractivity contribution in [2.75, 3.05) is 24.6 Å². The first-order valence-corrected chi connectivity index (χ1v) is 8.74. The number of carbonyl (C=O) groups excluding carboxylic acids is 1. The first kappa shape index (κ1) is 15.2. The van der Waals surface area contributed by atoms with Gasteiger partial charge in [0.05, 0.1) is 17.9 Å². The number of hydrogen-bond acceptors (Lipinski definition) is 7. The first-order chi connectivity index (χ1) is 11.8. The van der Waals surface area contributed by atoms with E-state index in [1.165, 1.54) is 11.7 Å². The quantitative estimate of drug-likeness (QED) is 0.907. The monoisotopic (exact) mass is 346 g/mol. The molecule has 126 valence electrons. The van der Waals surface area contributed by atoms with Gasteiger partial charge in [0, 0.05) is 19.1 Å². The molecule has 1 amide bonds. The molecule has 1 saturated heterocycles. The van der Waals surface area contributed by atoms with Gasteiger partial charge in [-0.3, -0.25) is 4.79 Å². The Hall–Kier alpha value is -2.35. The minimum atomic E-state index is -0.597. The maximum absolute atomic E-state index is 12.4. The normalized spacial score (nSPS) is 20.7. The van der Waals surface area contributed by atoms with Crippen molar-refractivity contribution in [3.05, 3.63) is 30.5 Å². The number of aromatic nitrogens is 2. The molecule has 24 heavy (non-hydrogen) atoms. The number of benzene rings is 1. The molecule has 2 aliphatic rings. The second kappa shape index (κ2) is 6.64. The Labute approximate surface area is 143 Å². The SMILES string of the molecule is O=C(NC1CCN(c2cnsn2)CC1)[C@H]1COc2ccccc2O1. The molecule has 3 heterocycles. The number of anilines is 1. The van der Waals surface area contributed by atoms with Crippen LogP contribution in [0.15, 0.2) is 30.5 Å². The molecule has 2 aromatic rings. The van der Waals surface area contributed by atoms with Crippen LogP contribution in [-0.4, -0.2) is 46.5 Å². The average molecular weight is 346 g/mol. The fourth-order valence-electron chi connectivity index (χ4n) is 2.99. The van der Waals surface area contributed by atoms with Gasteiger partial charge in [-0.2, -0.15) is 8.75 Å². The summed E-state index contributed by atoms with van der Waals surface area (Å²) in [5.74, 6) is 2.12. The van der Waals surface area contributed by atoms with Gasteiger partial charge in [-0.1, -0.05) is 12.1 Å². The number of ether oxygens (including phenoxy) is 2. The molecule has 2 aliphatic heterocycles. The molecule has 0 bridgehead atoms. The maximum atomic E-state index is 12.4. The summed E-state index contributed by atoms with van der Waals surface area (Å²) in [5.41, 5.74) is 0. The highest BCUT2D eigenvalue weighted by molar-refractivity contribution is 6.99.